The van der Waals surface area contributed by atoms with Crippen molar-refractivity contribution in [2.45, 2.75) is 19.6 Å². The van der Waals surface area contributed by atoms with E-state index < -0.39 is 17.6 Å². The normalized spacial score (nSPS) is 14.4. The highest BCUT2D eigenvalue weighted by Crippen LogP contribution is 2.33. The molecule has 1 N–H and O–H groups in total. The number of hydrogen-bond donors (Lipinski definition) is 1. The number of imidazole rings is 1. The number of benzene rings is 2. The molecule has 0 unspecified atom stereocenters. The van der Waals surface area contributed by atoms with Crippen LogP contribution in [0.5, 0.6) is 0 Å². The number of hydrogen-bond acceptors (Lipinski definition) is 6. The summed E-state index contributed by atoms with van der Waals surface area (Å²) in [6.45, 7) is 6.26. The van der Waals surface area contributed by atoms with E-state index in [9.17, 15) is 18.0 Å². The van der Waals surface area contributed by atoms with Crippen molar-refractivity contribution in [2.75, 3.05) is 57.0 Å². The molecular formula is C31H32F3N7O. The molecule has 1 aliphatic rings. The lowest BCUT2D eigenvalue weighted by Crippen LogP contribution is -2.45. The highest BCUT2D eigenvalue weighted by Gasteiger charge is 2.34. The number of amides is 1. The molecule has 2 aromatic carbocycles. The number of carbonyl (C=O) groups excluding carboxylic acids is 1. The Morgan fingerprint density at radius 2 is 1.76 bits per heavy atom. The van der Waals surface area contributed by atoms with Gasteiger partial charge >= 0.3 is 6.18 Å². The second kappa shape index (κ2) is 12.2. The molecule has 2 aromatic heterocycles. The zero-order chi connectivity index (χ0) is 29.9. The van der Waals surface area contributed by atoms with Gasteiger partial charge in [0.05, 0.1) is 11.8 Å². The first-order chi connectivity index (χ1) is 20.1. The summed E-state index contributed by atoms with van der Waals surface area (Å²) in [5.41, 5.74) is 1.61. The lowest BCUT2D eigenvalue weighted by Gasteiger charge is -2.34. The fraction of sp³-hybridized carbons (Fsp3) is 0.323. The molecule has 4 aromatic rings. The van der Waals surface area contributed by atoms with Gasteiger partial charge in [0, 0.05) is 63.6 Å². The maximum absolute atomic E-state index is 14.0. The standard InChI is InChI=1S/C31H32F3N7O/c1-4-39-14-16-40(17-15-39)21-24-10-9-23(19-27(24)31(32,33)34)30(42)36-25-7-5-6-22(18-25)8-11-26-20-35-28-12-13-29(38(2)3)37-41(26)28/h5-7,9-10,12-13,18-20H,4,14-17,21H2,1-3H3,(H,36,42). The van der Waals surface area contributed by atoms with E-state index in [0.717, 1.165) is 31.5 Å². The van der Waals surface area contributed by atoms with Crippen LogP contribution in [0.1, 0.15) is 39.7 Å². The number of anilines is 2. The van der Waals surface area contributed by atoms with Gasteiger partial charge in [-0.2, -0.15) is 13.2 Å². The summed E-state index contributed by atoms with van der Waals surface area (Å²) in [5.74, 6) is 6.23. The number of alkyl halides is 3. The van der Waals surface area contributed by atoms with Crippen molar-refractivity contribution in [1.29, 1.82) is 0 Å². The maximum atomic E-state index is 14.0. The summed E-state index contributed by atoms with van der Waals surface area (Å²) in [6, 6.07) is 14.4. The Bertz CT molecular complexity index is 1640. The molecule has 0 aliphatic carbocycles. The van der Waals surface area contributed by atoms with Gasteiger partial charge in [-0.1, -0.05) is 25.0 Å². The van der Waals surface area contributed by atoms with E-state index in [2.05, 4.69) is 39.1 Å². The minimum atomic E-state index is -4.58. The van der Waals surface area contributed by atoms with Crippen molar-refractivity contribution in [3.8, 4) is 11.8 Å². The fourth-order valence-electron chi connectivity index (χ4n) is 4.83. The molecule has 1 aliphatic heterocycles. The zero-order valence-corrected chi connectivity index (χ0v) is 23.7. The van der Waals surface area contributed by atoms with Crippen molar-refractivity contribution >= 4 is 23.1 Å². The fourth-order valence-corrected chi connectivity index (χ4v) is 4.83. The third-order valence-electron chi connectivity index (χ3n) is 7.25. The van der Waals surface area contributed by atoms with Crippen molar-refractivity contribution in [3.63, 3.8) is 0 Å². The Morgan fingerprint density at radius 3 is 2.48 bits per heavy atom. The first-order valence-electron chi connectivity index (χ1n) is 13.7. The smallest absolute Gasteiger partial charge is 0.361 e. The SMILES string of the molecule is CCN1CCN(Cc2ccc(C(=O)Nc3cccc(C#Cc4cnc5ccc(N(C)C)nn45)c3)cc2C(F)(F)F)CC1. The first kappa shape index (κ1) is 29.1. The van der Waals surface area contributed by atoms with Crippen LogP contribution in [-0.2, 0) is 12.7 Å². The molecule has 1 saturated heterocycles. The molecule has 0 atom stereocenters. The van der Waals surface area contributed by atoms with Crippen molar-refractivity contribution in [2.24, 2.45) is 0 Å². The Kier molecular flexibility index (Phi) is 8.47. The number of carbonyl (C=O) groups is 1. The number of fused-ring (bicyclic) bond motifs is 1. The highest BCUT2D eigenvalue weighted by molar-refractivity contribution is 6.04. The second-order valence-electron chi connectivity index (χ2n) is 10.4. The summed E-state index contributed by atoms with van der Waals surface area (Å²) in [5, 5.41) is 7.25. The summed E-state index contributed by atoms with van der Waals surface area (Å²) in [4.78, 5) is 23.5. The van der Waals surface area contributed by atoms with Crippen LogP contribution in [0.2, 0.25) is 0 Å². The van der Waals surface area contributed by atoms with Crippen LogP contribution in [-0.4, -0.2) is 77.1 Å². The van der Waals surface area contributed by atoms with Gasteiger partial charge in [-0.15, -0.1) is 5.10 Å². The summed E-state index contributed by atoms with van der Waals surface area (Å²) in [7, 11) is 3.79. The van der Waals surface area contributed by atoms with Crippen LogP contribution in [0, 0.1) is 11.8 Å². The predicted octanol–water partition coefficient (Wildman–Crippen LogP) is 4.60. The predicted molar refractivity (Wildman–Crippen MR) is 157 cm³/mol. The Morgan fingerprint density at radius 1 is 1.00 bits per heavy atom. The van der Waals surface area contributed by atoms with Gasteiger partial charge in [0.15, 0.2) is 5.65 Å². The molecule has 42 heavy (non-hydrogen) atoms. The Hall–Kier alpha value is -4.40. The third kappa shape index (κ3) is 6.73. The van der Waals surface area contributed by atoms with E-state index in [1.54, 1.807) is 35.0 Å². The summed E-state index contributed by atoms with van der Waals surface area (Å²) in [6.07, 6.45) is -2.94. The number of aromatic nitrogens is 3. The minimum absolute atomic E-state index is 0.0631. The van der Waals surface area contributed by atoms with Crippen LogP contribution in [0.15, 0.2) is 60.8 Å². The van der Waals surface area contributed by atoms with E-state index in [1.165, 1.54) is 12.1 Å². The number of piperazine rings is 1. The molecule has 0 radical (unpaired) electrons. The minimum Gasteiger partial charge on any atom is -0.361 e. The number of rotatable bonds is 6. The monoisotopic (exact) mass is 575 g/mol. The van der Waals surface area contributed by atoms with Gasteiger partial charge in [-0.25, -0.2) is 9.50 Å². The van der Waals surface area contributed by atoms with E-state index >= 15 is 0 Å². The zero-order valence-electron chi connectivity index (χ0n) is 23.7. The topological polar surface area (TPSA) is 69.0 Å². The van der Waals surface area contributed by atoms with Crippen molar-refractivity contribution in [1.82, 2.24) is 24.4 Å². The van der Waals surface area contributed by atoms with Gasteiger partial charge in [-0.05, 0) is 60.5 Å². The number of nitrogens with one attached hydrogen (secondary N) is 1. The van der Waals surface area contributed by atoms with Gasteiger partial charge in [-0.3, -0.25) is 9.69 Å². The molecule has 218 valence electrons. The molecule has 0 bridgehead atoms. The largest absolute Gasteiger partial charge is 0.416 e. The van der Waals surface area contributed by atoms with Gasteiger partial charge < -0.3 is 15.1 Å². The average molecular weight is 576 g/mol. The summed E-state index contributed by atoms with van der Waals surface area (Å²) >= 11 is 0. The summed E-state index contributed by atoms with van der Waals surface area (Å²) < 4.78 is 43.7. The molecule has 1 fully saturated rings. The number of nitrogens with zero attached hydrogens (tertiary/aromatic N) is 6. The number of likely N-dealkylation sites (N-methyl/N-ethyl adjacent to an activating group) is 1. The molecule has 11 heteroatoms. The van der Waals surface area contributed by atoms with Crippen molar-refractivity contribution in [3.05, 3.63) is 88.7 Å². The van der Waals surface area contributed by atoms with Crippen LogP contribution < -0.4 is 10.2 Å². The van der Waals surface area contributed by atoms with Gasteiger partial charge in [0.2, 0.25) is 0 Å². The van der Waals surface area contributed by atoms with Crippen LogP contribution in [0.25, 0.3) is 5.65 Å². The molecule has 0 spiro atoms. The third-order valence-corrected chi connectivity index (χ3v) is 7.25. The Labute approximate surface area is 242 Å². The van der Waals surface area contributed by atoms with Crippen LogP contribution in [0.4, 0.5) is 24.7 Å². The average Bonchev–Trinajstić information content (AvgIpc) is 3.38. The number of halogens is 3. The van der Waals surface area contributed by atoms with Gasteiger partial charge in [0.25, 0.3) is 5.91 Å². The van der Waals surface area contributed by atoms with E-state index in [1.807, 2.05) is 36.0 Å². The molecular weight excluding hydrogens is 543 g/mol. The lowest BCUT2D eigenvalue weighted by atomic mass is 10.0. The van der Waals surface area contributed by atoms with E-state index in [4.69, 9.17) is 0 Å². The molecule has 1 amide bonds. The van der Waals surface area contributed by atoms with Crippen LogP contribution >= 0.6 is 0 Å². The van der Waals surface area contributed by atoms with Crippen LogP contribution in [0.3, 0.4) is 0 Å². The molecule has 5 rings (SSSR count). The molecule has 0 saturated carbocycles. The second-order valence-corrected chi connectivity index (χ2v) is 10.4. The highest BCUT2D eigenvalue weighted by atomic mass is 19.4. The quantitative estimate of drug-likeness (QED) is 0.339. The lowest BCUT2D eigenvalue weighted by molar-refractivity contribution is -0.138. The van der Waals surface area contributed by atoms with Gasteiger partial charge in [0.1, 0.15) is 11.5 Å². The van der Waals surface area contributed by atoms with E-state index in [0.29, 0.717) is 35.7 Å². The molecule has 8 nitrogen and oxygen atoms in total. The van der Waals surface area contributed by atoms with Crippen molar-refractivity contribution < 1.29 is 18.0 Å². The van der Waals surface area contributed by atoms with E-state index in [-0.39, 0.29) is 17.7 Å². The molecule has 3 heterocycles. The first-order valence-corrected chi connectivity index (χ1v) is 13.7. The maximum Gasteiger partial charge on any atom is 0.416 e. The Balaban J connectivity index is 1.31.